The highest BCUT2D eigenvalue weighted by Gasteiger charge is 2.19. The van der Waals surface area contributed by atoms with Crippen molar-refractivity contribution in [1.29, 1.82) is 0 Å². The molecule has 0 radical (unpaired) electrons. The van der Waals surface area contributed by atoms with Crippen LogP contribution in [0.2, 0.25) is 10.0 Å². The summed E-state index contributed by atoms with van der Waals surface area (Å²) in [6.45, 7) is 1.99. The van der Waals surface area contributed by atoms with E-state index in [2.05, 4.69) is 8.75 Å². The second kappa shape index (κ2) is 4.12. The van der Waals surface area contributed by atoms with Crippen LogP contribution in [0, 0.1) is 0 Å². The summed E-state index contributed by atoms with van der Waals surface area (Å²) < 4.78 is 13.5. The van der Waals surface area contributed by atoms with Crippen LogP contribution < -0.4 is 4.74 Å². The molecule has 6 heteroatoms. The van der Waals surface area contributed by atoms with Crippen molar-refractivity contribution in [2.75, 3.05) is 7.11 Å². The summed E-state index contributed by atoms with van der Waals surface area (Å²) in [6, 6.07) is 0. The topological polar surface area (TPSA) is 35.0 Å². The Morgan fingerprint density at radius 2 is 1.80 bits per heavy atom. The Morgan fingerprint density at radius 1 is 1.20 bits per heavy atom. The second-order valence-electron chi connectivity index (χ2n) is 2.95. The highest BCUT2D eigenvalue weighted by molar-refractivity contribution is 7.00. The van der Waals surface area contributed by atoms with Crippen LogP contribution >= 0.6 is 34.9 Å². The standard InChI is InChI=1S/C9H8Cl2N2OS/c1-3-4-5(10)7-8(13-15-12-7)6(11)9(4)14-2/h3H2,1-2H3. The maximum Gasteiger partial charge on any atom is 0.144 e. The average Bonchev–Trinajstić information content (AvgIpc) is 2.72. The van der Waals surface area contributed by atoms with Crippen molar-refractivity contribution in [3.63, 3.8) is 0 Å². The van der Waals surface area contributed by atoms with Gasteiger partial charge in [0.15, 0.2) is 0 Å². The zero-order valence-corrected chi connectivity index (χ0v) is 10.5. The van der Waals surface area contributed by atoms with Gasteiger partial charge in [-0.15, -0.1) is 0 Å². The molecule has 0 saturated carbocycles. The van der Waals surface area contributed by atoms with E-state index < -0.39 is 0 Å². The summed E-state index contributed by atoms with van der Waals surface area (Å²) in [4.78, 5) is 0. The minimum absolute atomic E-state index is 0.488. The molecule has 0 aliphatic heterocycles. The van der Waals surface area contributed by atoms with Gasteiger partial charge in [0.05, 0.1) is 23.9 Å². The molecule has 0 saturated heterocycles. The maximum absolute atomic E-state index is 6.20. The predicted octanol–water partition coefficient (Wildman–Crippen LogP) is 3.57. The molecular formula is C9H8Cl2N2OS. The third kappa shape index (κ3) is 1.57. The molecule has 0 N–H and O–H groups in total. The molecule has 1 aromatic carbocycles. The fourth-order valence-electron chi connectivity index (χ4n) is 1.49. The normalized spacial score (nSPS) is 10.9. The van der Waals surface area contributed by atoms with Gasteiger partial charge in [0.1, 0.15) is 21.8 Å². The Balaban J connectivity index is 2.90. The Hall–Kier alpha value is -0.580. The van der Waals surface area contributed by atoms with Crippen LogP contribution in [-0.2, 0) is 6.42 Å². The van der Waals surface area contributed by atoms with E-state index in [1.54, 1.807) is 7.11 Å². The summed E-state index contributed by atoms with van der Waals surface area (Å²) in [5.41, 5.74) is 2.15. The van der Waals surface area contributed by atoms with Gasteiger partial charge in [-0.1, -0.05) is 30.1 Å². The molecule has 80 valence electrons. The average molecular weight is 263 g/mol. The number of methoxy groups -OCH3 is 1. The Kier molecular flexibility index (Phi) is 3.00. The van der Waals surface area contributed by atoms with E-state index >= 15 is 0 Å². The lowest BCUT2D eigenvalue weighted by atomic mass is 10.1. The van der Waals surface area contributed by atoms with E-state index in [1.165, 1.54) is 0 Å². The molecule has 2 rings (SSSR count). The van der Waals surface area contributed by atoms with Crippen LogP contribution in [0.25, 0.3) is 11.0 Å². The van der Waals surface area contributed by atoms with Crippen molar-refractivity contribution in [2.24, 2.45) is 0 Å². The minimum atomic E-state index is 0.488. The molecule has 0 aliphatic rings. The van der Waals surface area contributed by atoms with Gasteiger partial charge < -0.3 is 4.74 Å². The molecule has 0 aliphatic carbocycles. The number of nitrogens with zero attached hydrogens (tertiary/aromatic N) is 2. The van der Waals surface area contributed by atoms with Crippen molar-refractivity contribution >= 4 is 46.0 Å². The van der Waals surface area contributed by atoms with Gasteiger partial charge in [0.25, 0.3) is 0 Å². The van der Waals surface area contributed by atoms with Gasteiger partial charge in [-0.3, -0.25) is 0 Å². The van der Waals surface area contributed by atoms with Gasteiger partial charge >= 0.3 is 0 Å². The molecular weight excluding hydrogens is 255 g/mol. The molecule has 0 bridgehead atoms. The first kappa shape index (κ1) is 10.9. The molecule has 15 heavy (non-hydrogen) atoms. The number of aromatic nitrogens is 2. The number of halogens is 2. The van der Waals surface area contributed by atoms with E-state index in [0.717, 1.165) is 23.7 Å². The third-order valence-corrected chi connectivity index (χ3v) is 3.49. The highest BCUT2D eigenvalue weighted by atomic mass is 35.5. The smallest absolute Gasteiger partial charge is 0.144 e. The van der Waals surface area contributed by atoms with E-state index in [1.807, 2.05) is 6.92 Å². The Labute approximate surface area is 101 Å². The van der Waals surface area contributed by atoms with Gasteiger partial charge in [0, 0.05) is 5.56 Å². The lowest BCUT2D eigenvalue weighted by Crippen LogP contribution is -1.94. The summed E-state index contributed by atoms with van der Waals surface area (Å²) in [6.07, 6.45) is 0.745. The van der Waals surface area contributed by atoms with E-state index in [0.29, 0.717) is 26.8 Å². The van der Waals surface area contributed by atoms with E-state index in [-0.39, 0.29) is 0 Å². The van der Waals surface area contributed by atoms with Crippen molar-refractivity contribution in [3.05, 3.63) is 15.6 Å². The Morgan fingerprint density at radius 3 is 2.33 bits per heavy atom. The molecule has 3 nitrogen and oxygen atoms in total. The number of fused-ring (bicyclic) bond motifs is 1. The van der Waals surface area contributed by atoms with Crippen LogP contribution in [0.5, 0.6) is 5.75 Å². The summed E-state index contributed by atoms with van der Waals surface area (Å²) in [5.74, 6) is 0.601. The molecule has 0 atom stereocenters. The molecule has 0 spiro atoms. The van der Waals surface area contributed by atoms with Gasteiger partial charge in [-0.05, 0) is 6.42 Å². The third-order valence-electron chi connectivity index (χ3n) is 2.20. The number of hydrogen-bond donors (Lipinski definition) is 0. The minimum Gasteiger partial charge on any atom is -0.495 e. The second-order valence-corrected chi connectivity index (χ2v) is 4.24. The molecule has 1 aromatic heterocycles. The zero-order chi connectivity index (χ0) is 11.0. The summed E-state index contributed by atoms with van der Waals surface area (Å²) in [7, 11) is 1.57. The Bertz CT molecular complexity index is 468. The first-order valence-electron chi connectivity index (χ1n) is 4.36. The predicted molar refractivity (Wildman–Crippen MR) is 63.4 cm³/mol. The largest absolute Gasteiger partial charge is 0.495 e. The van der Waals surface area contributed by atoms with Crippen molar-refractivity contribution in [3.8, 4) is 5.75 Å². The lowest BCUT2D eigenvalue weighted by molar-refractivity contribution is 0.411. The monoisotopic (exact) mass is 262 g/mol. The van der Waals surface area contributed by atoms with Crippen LogP contribution in [-0.4, -0.2) is 15.9 Å². The molecule has 1 heterocycles. The van der Waals surface area contributed by atoms with Crippen molar-refractivity contribution < 1.29 is 4.74 Å². The first-order valence-corrected chi connectivity index (χ1v) is 5.85. The molecule has 0 amide bonds. The zero-order valence-electron chi connectivity index (χ0n) is 8.17. The number of benzene rings is 1. The van der Waals surface area contributed by atoms with Crippen LogP contribution in [0.1, 0.15) is 12.5 Å². The SMILES string of the molecule is CCc1c(OC)c(Cl)c2nsnc2c1Cl. The van der Waals surface area contributed by atoms with Gasteiger partial charge in [0.2, 0.25) is 0 Å². The van der Waals surface area contributed by atoms with Crippen LogP contribution in [0.4, 0.5) is 0 Å². The lowest BCUT2D eigenvalue weighted by Gasteiger charge is -2.10. The highest BCUT2D eigenvalue weighted by Crippen LogP contribution is 2.41. The maximum atomic E-state index is 6.20. The summed E-state index contributed by atoms with van der Waals surface area (Å²) >= 11 is 13.5. The fraction of sp³-hybridized carbons (Fsp3) is 0.333. The molecule has 0 fully saturated rings. The quantitative estimate of drug-likeness (QED) is 0.830. The molecule has 2 aromatic rings. The molecule has 0 unspecified atom stereocenters. The van der Waals surface area contributed by atoms with Crippen molar-refractivity contribution in [2.45, 2.75) is 13.3 Å². The van der Waals surface area contributed by atoms with Crippen LogP contribution in [0.15, 0.2) is 0 Å². The van der Waals surface area contributed by atoms with Crippen LogP contribution in [0.3, 0.4) is 0 Å². The van der Waals surface area contributed by atoms with Gasteiger partial charge in [-0.2, -0.15) is 8.75 Å². The van der Waals surface area contributed by atoms with Gasteiger partial charge in [-0.25, -0.2) is 0 Å². The number of ether oxygens (including phenoxy) is 1. The van der Waals surface area contributed by atoms with E-state index in [9.17, 15) is 0 Å². The van der Waals surface area contributed by atoms with E-state index in [4.69, 9.17) is 27.9 Å². The van der Waals surface area contributed by atoms with Crippen molar-refractivity contribution in [1.82, 2.24) is 8.75 Å². The fourth-order valence-corrected chi connectivity index (χ4v) is 2.82. The number of hydrogen-bond acceptors (Lipinski definition) is 4. The first-order chi connectivity index (χ1) is 7.20. The number of rotatable bonds is 2. The summed E-state index contributed by atoms with van der Waals surface area (Å²) in [5, 5.41) is 1.07.